The number of hydrogen-bond donors (Lipinski definition) is 0. The van der Waals surface area contributed by atoms with E-state index >= 15 is 0 Å². The smallest absolute Gasteiger partial charge is 0.0645 e. The van der Waals surface area contributed by atoms with E-state index in [4.69, 9.17) is 4.74 Å². The molecule has 0 saturated carbocycles. The summed E-state index contributed by atoms with van der Waals surface area (Å²) in [7, 11) is 0. The highest BCUT2D eigenvalue weighted by Crippen LogP contribution is 2.35. The summed E-state index contributed by atoms with van der Waals surface area (Å²) in [5.41, 5.74) is 0. The fourth-order valence-electron chi connectivity index (χ4n) is 1.15. The molecule has 70 valence electrons. The van der Waals surface area contributed by atoms with Gasteiger partial charge < -0.3 is 4.74 Å². The number of rotatable bonds is 4. The van der Waals surface area contributed by atoms with Crippen molar-refractivity contribution in [3.05, 3.63) is 12.7 Å². The van der Waals surface area contributed by atoms with Gasteiger partial charge in [0.1, 0.15) is 0 Å². The second kappa shape index (κ2) is 5.95. The Balaban J connectivity index is 2.09. The van der Waals surface area contributed by atoms with Crippen molar-refractivity contribution in [3.63, 3.8) is 0 Å². The Labute approximate surface area is 83.3 Å². The molecule has 1 heterocycles. The summed E-state index contributed by atoms with van der Waals surface area (Å²) in [6.07, 6.45) is 3.10. The van der Waals surface area contributed by atoms with Crippen molar-refractivity contribution in [3.8, 4) is 0 Å². The molecule has 12 heavy (non-hydrogen) atoms. The molecule has 0 amide bonds. The third kappa shape index (κ3) is 3.87. The topological polar surface area (TPSA) is 9.23 Å². The van der Waals surface area contributed by atoms with E-state index in [0.29, 0.717) is 11.9 Å². The van der Waals surface area contributed by atoms with Crippen LogP contribution in [0, 0.1) is 0 Å². The van der Waals surface area contributed by atoms with Gasteiger partial charge in [0.25, 0.3) is 0 Å². The molecule has 2 atom stereocenters. The van der Waals surface area contributed by atoms with Crippen molar-refractivity contribution in [1.29, 1.82) is 0 Å². The largest absolute Gasteiger partial charge is 0.376 e. The van der Waals surface area contributed by atoms with Gasteiger partial charge in [-0.3, -0.25) is 0 Å². The van der Waals surface area contributed by atoms with Gasteiger partial charge in [0, 0.05) is 9.83 Å². The van der Waals surface area contributed by atoms with Gasteiger partial charge in [-0.15, -0.1) is 30.1 Å². The van der Waals surface area contributed by atoms with Gasteiger partial charge in [-0.25, -0.2) is 0 Å². The van der Waals surface area contributed by atoms with Crippen LogP contribution in [0.1, 0.15) is 13.3 Å². The van der Waals surface area contributed by atoms with Crippen molar-refractivity contribution >= 4 is 23.5 Å². The van der Waals surface area contributed by atoms with E-state index in [1.165, 1.54) is 12.2 Å². The van der Waals surface area contributed by atoms with E-state index in [1.807, 2.05) is 29.6 Å². The normalized spacial score (nSPS) is 30.1. The van der Waals surface area contributed by atoms with E-state index < -0.39 is 0 Å². The van der Waals surface area contributed by atoms with Gasteiger partial charge in [-0.05, 0) is 19.1 Å². The Morgan fingerprint density at radius 2 is 2.50 bits per heavy atom. The summed E-state index contributed by atoms with van der Waals surface area (Å²) in [5, 5.41) is 0.709. The zero-order chi connectivity index (χ0) is 8.81. The number of hydrogen-bond acceptors (Lipinski definition) is 3. The first-order valence-corrected chi connectivity index (χ1v) is 6.28. The van der Waals surface area contributed by atoms with Crippen LogP contribution in [0.15, 0.2) is 12.7 Å². The summed E-state index contributed by atoms with van der Waals surface area (Å²) in [6.45, 7) is 7.48. The molecule has 2 unspecified atom stereocenters. The van der Waals surface area contributed by atoms with E-state index in [0.717, 1.165) is 11.2 Å². The number of thioether (sulfide) groups is 2. The van der Waals surface area contributed by atoms with E-state index in [1.54, 1.807) is 0 Å². The van der Waals surface area contributed by atoms with Crippen LogP contribution >= 0.6 is 23.5 Å². The fraction of sp³-hybridized carbons (Fsp3) is 0.778. The van der Waals surface area contributed by atoms with Gasteiger partial charge in [0.2, 0.25) is 0 Å². The van der Waals surface area contributed by atoms with Crippen LogP contribution < -0.4 is 0 Å². The molecule has 0 bridgehead atoms. The molecule has 1 aliphatic heterocycles. The lowest BCUT2D eigenvalue weighted by Crippen LogP contribution is -2.19. The molecule has 1 aliphatic rings. The molecule has 1 nitrogen and oxygen atoms in total. The zero-order valence-electron chi connectivity index (χ0n) is 7.49. The van der Waals surface area contributed by atoms with Crippen LogP contribution in [-0.2, 0) is 4.74 Å². The standard InChI is InChI=1S/C9H16OS2/c1-3-5-10-7-9-4-6-11-8(2)12-9/h3,8-9H,1,4-7H2,2H3. The molecule has 0 N–H and O–H groups in total. The lowest BCUT2D eigenvalue weighted by atomic mass is 10.3. The molecule has 0 radical (unpaired) electrons. The first kappa shape index (κ1) is 10.5. The van der Waals surface area contributed by atoms with Gasteiger partial charge in [-0.2, -0.15) is 0 Å². The summed E-state index contributed by atoms with van der Waals surface area (Å²) >= 11 is 4.09. The lowest BCUT2D eigenvalue weighted by molar-refractivity contribution is 0.163. The highest BCUT2D eigenvalue weighted by atomic mass is 32.2. The minimum absolute atomic E-state index is 0.693. The molecule has 0 spiro atoms. The summed E-state index contributed by atoms with van der Waals surface area (Å²) in [5.74, 6) is 1.29. The molecule has 0 aromatic carbocycles. The zero-order valence-corrected chi connectivity index (χ0v) is 9.13. The maximum absolute atomic E-state index is 5.42. The Morgan fingerprint density at radius 1 is 1.67 bits per heavy atom. The number of ether oxygens (including phenoxy) is 1. The molecule has 3 heteroatoms. The Morgan fingerprint density at radius 3 is 3.17 bits per heavy atom. The van der Waals surface area contributed by atoms with Gasteiger partial charge in [0.05, 0.1) is 13.2 Å². The van der Waals surface area contributed by atoms with Gasteiger partial charge >= 0.3 is 0 Å². The van der Waals surface area contributed by atoms with E-state index in [2.05, 4.69) is 13.5 Å². The van der Waals surface area contributed by atoms with Gasteiger partial charge in [0.15, 0.2) is 0 Å². The van der Waals surface area contributed by atoms with Crippen LogP contribution in [0.5, 0.6) is 0 Å². The maximum atomic E-state index is 5.42. The molecule has 0 aromatic heterocycles. The summed E-state index contributed by atoms with van der Waals surface area (Å²) in [4.78, 5) is 0. The molecular weight excluding hydrogens is 188 g/mol. The molecule has 1 saturated heterocycles. The Kier molecular flexibility index (Phi) is 5.19. The van der Waals surface area contributed by atoms with Crippen LogP contribution in [0.3, 0.4) is 0 Å². The quantitative estimate of drug-likeness (QED) is 0.515. The predicted octanol–water partition coefficient (Wildman–Crippen LogP) is 2.77. The first-order valence-electron chi connectivity index (χ1n) is 4.28. The van der Waals surface area contributed by atoms with Crippen LogP contribution in [0.4, 0.5) is 0 Å². The highest BCUT2D eigenvalue weighted by molar-refractivity contribution is 8.17. The predicted molar refractivity (Wildman–Crippen MR) is 58.9 cm³/mol. The first-order chi connectivity index (χ1) is 5.83. The summed E-state index contributed by atoms with van der Waals surface area (Å²) < 4.78 is 6.17. The molecular formula is C9H16OS2. The average Bonchev–Trinajstić information content (AvgIpc) is 2.05. The van der Waals surface area contributed by atoms with Gasteiger partial charge in [-0.1, -0.05) is 6.08 Å². The van der Waals surface area contributed by atoms with Crippen LogP contribution in [0.2, 0.25) is 0 Å². The molecule has 0 aliphatic carbocycles. The Bertz CT molecular complexity index is 138. The van der Waals surface area contributed by atoms with Crippen molar-refractivity contribution in [2.75, 3.05) is 19.0 Å². The fourth-order valence-corrected chi connectivity index (χ4v) is 4.10. The van der Waals surface area contributed by atoms with Crippen molar-refractivity contribution in [1.82, 2.24) is 0 Å². The molecule has 1 rings (SSSR count). The highest BCUT2D eigenvalue weighted by Gasteiger charge is 2.19. The summed E-state index contributed by atoms with van der Waals surface area (Å²) in [6, 6.07) is 0. The molecule has 0 aromatic rings. The maximum Gasteiger partial charge on any atom is 0.0645 e. The second-order valence-electron chi connectivity index (χ2n) is 2.81. The third-order valence-corrected chi connectivity index (χ3v) is 4.54. The second-order valence-corrected chi connectivity index (χ2v) is 6.20. The Hall–Kier alpha value is 0.400. The minimum atomic E-state index is 0.693. The van der Waals surface area contributed by atoms with Crippen molar-refractivity contribution in [2.45, 2.75) is 23.2 Å². The monoisotopic (exact) mass is 204 g/mol. The van der Waals surface area contributed by atoms with E-state index in [-0.39, 0.29) is 0 Å². The average molecular weight is 204 g/mol. The SMILES string of the molecule is C=CCOCC1CCSC(C)S1. The van der Waals surface area contributed by atoms with Crippen LogP contribution in [-0.4, -0.2) is 28.8 Å². The molecule has 1 fully saturated rings. The van der Waals surface area contributed by atoms with Crippen LogP contribution in [0.25, 0.3) is 0 Å². The third-order valence-electron chi connectivity index (χ3n) is 1.72. The van der Waals surface area contributed by atoms with Crippen molar-refractivity contribution in [2.24, 2.45) is 0 Å². The lowest BCUT2D eigenvalue weighted by Gasteiger charge is -2.25. The van der Waals surface area contributed by atoms with Crippen molar-refractivity contribution < 1.29 is 4.74 Å². The minimum Gasteiger partial charge on any atom is -0.376 e. The van der Waals surface area contributed by atoms with E-state index in [9.17, 15) is 0 Å².